The van der Waals surface area contributed by atoms with E-state index in [0.29, 0.717) is 11.3 Å². The lowest BCUT2D eigenvalue weighted by molar-refractivity contribution is -0.123. The highest BCUT2D eigenvalue weighted by Gasteiger charge is 2.33. The van der Waals surface area contributed by atoms with Crippen LogP contribution in [0.4, 0.5) is 5.69 Å². The van der Waals surface area contributed by atoms with Crippen molar-refractivity contribution in [1.29, 1.82) is 0 Å². The highest BCUT2D eigenvalue weighted by molar-refractivity contribution is 6.01. The number of benzene rings is 1. The number of nitrogens with two attached hydrogens (primary N) is 1. The maximum Gasteiger partial charge on any atom is 0.227 e. The van der Waals surface area contributed by atoms with Crippen molar-refractivity contribution in [3.05, 3.63) is 29.8 Å². The number of rotatable bonds is 3. The second-order valence-corrected chi connectivity index (χ2v) is 4.41. The molecule has 2 rings (SSSR count). The molecular formula is C13H14N2O3. The van der Waals surface area contributed by atoms with Crippen LogP contribution in [-0.2, 0) is 9.59 Å². The van der Waals surface area contributed by atoms with Crippen LogP contribution in [-0.4, -0.2) is 24.1 Å². The van der Waals surface area contributed by atoms with Crippen molar-refractivity contribution in [1.82, 2.24) is 0 Å². The summed E-state index contributed by atoms with van der Waals surface area (Å²) in [4.78, 5) is 35.7. The fourth-order valence-corrected chi connectivity index (χ4v) is 2.04. The first kappa shape index (κ1) is 12.3. The van der Waals surface area contributed by atoms with Crippen LogP contribution in [0.3, 0.4) is 0 Å². The first-order valence-electron chi connectivity index (χ1n) is 5.69. The van der Waals surface area contributed by atoms with E-state index >= 15 is 0 Å². The Balaban J connectivity index is 2.27. The second-order valence-electron chi connectivity index (χ2n) is 4.41. The lowest BCUT2D eigenvalue weighted by Gasteiger charge is -2.16. The van der Waals surface area contributed by atoms with Gasteiger partial charge in [0, 0.05) is 24.2 Å². The summed E-state index contributed by atoms with van der Waals surface area (Å²) in [7, 11) is 0. The van der Waals surface area contributed by atoms with Crippen molar-refractivity contribution in [3.8, 4) is 0 Å². The van der Waals surface area contributed by atoms with E-state index in [1.54, 1.807) is 24.3 Å². The molecule has 1 atom stereocenters. The van der Waals surface area contributed by atoms with Crippen molar-refractivity contribution >= 4 is 23.3 Å². The highest BCUT2D eigenvalue weighted by atomic mass is 16.2. The molecular weight excluding hydrogens is 232 g/mol. The molecule has 1 aliphatic rings. The Morgan fingerprint density at radius 3 is 2.67 bits per heavy atom. The van der Waals surface area contributed by atoms with Gasteiger partial charge in [-0.15, -0.1) is 0 Å². The summed E-state index contributed by atoms with van der Waals surface area (Å²) in [5.41, 5.74) is 6.39. The Morgan fingerprint density at radius 1 is 1.39 bits per heavy atom. The fourth-order valence-electron chi connectivity index (χ4n) is 2.04. The van der Waals surface area contributed by atoms with Gasteiger partial charge >= 0.3 is 0 Å². The van der Waals surface area contributed by atoms with Crippen molar-refractivity contribution in [2.24, 2.45) is 11.7 Å². The van der Waals surface area contributed by atoms with E-state index in [0.717, 1.165) is 0 Å². The summed E-state index contributed by atoms with van der Waals surface area (Å²) in [6.07, 6.45) is 0.139. The largest absolute Gasteiger partial charge is 0.369 e. The van der Waals surface area contributed by atoms with E-state index < -0.39 is 11.8 Å². The van der Waals surface area contributed by atoms with E-state index in [-0.39, 0.29) is 24.7 Å². The van der Waals surface area contributed by atoms with Gasteiger partial charge in [-0.2, -0.15) is 0 Å². The number of carbonyl (C=O) groups excluding carboxylic acids is 3. The molecule has 0 aromatic heterocycles. The third-order valence-corrected chi connectivity index (χ3v) is 3.09. The molecule has 2 amide bonds. The molecule has 5 nitrogen and oxygen atoms in total. The maximum absolute atomic E-state index is 11.8. The quantitative estimate of drug-likeness (QED) is 0.798. The maximum atomic E-state index is 11.8. The Kier molecular flexibility index (Phi) is 3.14. The van der Waals surface area contributed by atoms with Gasteiger partial charge in [0.2, 0.25) is 11.8 Å². The molecule has 2 N–H and O–H groups in total. The fraction of sp³-hybridized carbons (Fsp3) is 0.308. The van der Waals surface area contributed by atoms with E-state index in [4.69, 9.17) is 5.73 Å². The van der Waals surface area contributed by atoms with Gasteiger partial charge in [-0.3, -0.25) is 14.4 Å². The summed E-state index contributed by atoms with van der Waals surface area (Å²) in [5, 5.41) is 0. The van der Waals surface area contributed by atoms with Crippen molar-refractivity contribution in [2.45, 2.75) is 13.3 Å². The van der Waals surface area contributed by atoms with Crippen molar-refractivity contribution in [2.75, 3.05) is 11.4 Å². The van der Waals surface area contributed by atoms with E-state index in [1.807, 2.05) is 0 Å². The SMILES string of the molecule is CC(=O)c1cccc(N2CC(C(N)=O)CC2=O)c1. The zero-order valence-electron chi connectivity index (χ0n) is 10.1. The molecule has 1 aromatic rings. The minimum Gasteiger partial charge on any atom is -0.369 e. The van der Waals surface area contributed by atoms with Gasteiger partial charge < -0.3 is 10.6 Å². The normalized spacial score (nSPS) is 19.1. The van der Waals surface area contributed by atoms with Gasteiger partial charge in [-0.05, 0) is 19.1 Å². The van der Waals surface area contributed by atoms with Crippen LogP contribution in [0.5, 0.6) is 0 Å². The van der Waals surface area contributed by atoms with Gasteiger partial charge in [-0.1, -0.05) is 12.1 Å². The average molecular weight is 246 g/mol. The number of nitrogens with zero attached hydrogens (tertiary/aromatic N) is 1. The zero-order valence-corrected chi connectivity index (χ0v) is 10.1. The molecule has 0 saturated carbocycles. The molecule has 1 unspecified atom stereocenters. The van der Waals surface area contributed by atoms with Gasteiger partial charge in [0.1, 0.15) is 0 Å². The van der Waals surface area contributed by atoms with Gasteiger partial charge in [0.15, 0.2) is 5.78 Å². The van der Waals surface area contributed by atoms with Crippen LogP contribution in [0.25, 0.3) is 0 Å². The minimum atomic E-state index is -0.464. The van der Waals surface area contributed by atoms with Crippen LogP contribution in [0.1, 0.15) is 23.7 Å². The molecule has 0 spiro atoms. The standard InChI is InChI=1S/C13H14N2O3/c1-8(16)9-3-2-4-11(5-9)15-7-10(13(14)18)6-12(15)17/h2-5,10H,6-7H2,1H3,(H2,14,18). The number of ketones is 1. The molecule has 1 fully saturated rings. The van der Waals surface area contributed by atoms with Gasteiger partial charge in [-0.25, -0.2) is 0 Å². The summed E-state index contributed by atoms with van der Waals surface area (Å²) in [6.45, 7) is 1.76. The third-order valence-electron chi connectivity index (χ3n) is 3.09. The second kappa shape index (κ2) is 4.60. The van der Waals surface area contributed by atoms with E-state index in [9.17, 15) is 14.4 Å². The molecule has 0 radical (unpaired) electrons. The zero-order chi connectivity index (χ0) is 13.3. The lowest BCUT2D eigenvalue weighted by atomic mass is 10.1. The van der Waals surface area contributed by atoms with Crippen LogP contribution in [0, 0.1) is 5.92 Å². The summed E-state index contributed by atoms with van der Waals surface area (Å²) < 4.78 is 0. The van der Waals surface area contributed by atoms with Gasteiger partial charge in [0.25, 0.3) is 0 Å². The monoisotopic (exact) mass is 246 g/mol. The number of carbonyl (C=O) groups is 3. The molecule has 18 heavy (non-hydrogen) atoms. The smallest absolute Gasteiger partial charge is 0.227 e. The average Bonchev–Trinajstić information content (AvgIpc) is 2.72. The number of hydrogen-bond acceptors (Lipinski definition) is 3. The summed E-state index contributed by atoms with van der Waals surface area (Å²) in [5.74, 6) is -1.11. The number of anilines is 1. The number of Topliss-reactive ketones (excluding diaryl/α,β-unsaturated/α-hetero) is 1. The Bertz CT molecular complexity index is 525. The predicted octanol–water partition coefficient (Wildman–Crippen LogP) is 0.727. The molecule has 0 aliphatic carbocycles. The molecule has 1 saturated heterocycles. The van der Waals surface area contributed by atoms with Gasteiger partial charge in [0.05, 0.1) is 5.92 Å². The van der Waals surface area contributed by atoms with Crippen molar-refractivity contribution in [3.63, 3.8) is 0 Å². The molecule has 5 heteroatoms. The molecule has 1 heterocycles. The highest BCUT2D eigenvalue weighted by Crippen LogP contribution is 2.25. The lowest BCUT2D eigenvalue weighted by Crippen LogP contribution is -2.28. The molecule has 0 bridgehead atoms. The topological polar surface area (TPSA) is 80.5 Å². The predicted molar refractivity (Wildman–Crippen MR) is 66.1 cm³/mol. The summed E-state index contributed by atoms with van der Waals surface area (Å²) in [6, 6.07) is 6.81. The van der Waals surface area contributed by atoms with Crippen LogP contribution in [0.15, 0.2) is 24.3 Å². The van der Waals surface area contributed by atoms with Crippen LogP contribution < -0.4 is 10.6 Å². The number of amides is 2. The third kappa shape index (κ3) is 2.25. The van der Waals surface area contributed by atoms with Crippen LogP contribution >= 0.6 is 0 Å². The Morgan fingerprint density at radius 2 is 2.11 bits per heavy atom. The first-order chi connectivity index (χ1) is 8.49. The number of hydrogen-bond donors (Lipinski definition) is 1. The van der Waals surface area contributed by atoms with Crippen molar-refractivity contribution < 1.29 is 14.4 Å². The number of primary amides is 1. The minimum absolute atomic E-state index is 0.0602. The Labute approximate surface area is 105 Å². The summed E-state index contributed by atoms with van der Waals surface area (Å²) >= 11 is 0. The van der Waals surface area contributed by atoms with E-state index in [2.05, 4.69) is 0 Å². The molecule has 1 aromatic carbocycles. The molecule has 94 valence electrons. The Hall–Kier alpha value is -2.17. The van der Waals surface area contributed by atoms with E-state index in [1.165, 1.54) is 11.8 Å². The first-order valence-corrected chi connectivity index (χ1v) is 5.69. The van der Waals surface area contributed by atoms with Crippen LogP contribution in [0.2, 0.25) is 0 Å². The molecule has 1 aliphatic heterocycles.